The third kappa shape index (κ3) is 11.9. The number of hydrogen-bond donors (Lipinski definition) is 3. The third-order valence-corrected chi connectivity index (χ3v) is 7.50. The number of carboxylic acid groups (broad SMARTS) is 1. The van der Waals surface area contributed by atoms with Gasteiger partial charge in [0.05, 0.1) is 18.6 Å². The molecule has 256 valence electrons. The molecule has 11 heteroatoms. The van der Waals surface area contributed by atoms with Crippen LogP contribution in [-0.2, 0) is 22.4 Å². The molecule has 0 aliphatic heterocycles. The molecule has 0 aliphatic rings. The fraction of sp³-hybridized carbons (Fsp3) is 0.263. The maximum Gasteiger partial charge on any atom is 0.343 e. The summed E-state index contributed by atoms with van der Waals surface area (Å²) in [5, 5.41) is 14.8. The summed E-state index contributed by atoms with van der Waals surface area (Å²) in [5.74, 6) is -3.59. The van der Waals surface area contributed by atoms with E-state index in [-0.39, 0.29) is 29.7 Å². The number of carbonyl (C=O) groups excluding carboxylic acids is 3. The highest BCUT2D eigenvalue weighted by Gasteiger charge is 2.21. The van der Waals surface area contributed by atoms with Gasteiger partial charge in [0.15, 0.2) is 0 Å². The van der Waals surface area contributed by atoms with Crippen LogP contribution in [0.25, 0.3) is 0 Å². The summed E-state index contributed by atoms with van der Waals surface area (Å²) in [6.45, 7) is 2.79. The Bertz CT molecular complexity index is 1710. The van der Waals surface area contributed by atoms with Gasteiger partial charge in [-0.1, -0.05) is 44.7 Å². The van der Waals surface area contributed by atoms with Crippen molar-refractivity contribution in [2.24, 2.45) is 0 Å². The van der Waals surface area contributed by atoms with E-state index in [1.54, 1.807) is 48.5 Å². The van der Waals surface area contributed by atoms with E-state index >= 15 is 0 Å². The number of nitrogens with one attached hydrogen (secondary N) is 2. The predicted molar refractivity (Wildman–Crippen MR) is 180 cm³/mol. The number of rotatable bonds is 17. The maximum absolute atomic E-state index is 13.4. The lowest BCUT2D eigenvalue weighted by molar-refractivity contribution is -0.139. The minimum Gasteiger partial charge on any atom is -0.494 e. The van der Waals surface area contributed by atoms with Crippen LogP contribution in [-0.4, -0.2) is 41.5 Å². The zero-order valence-corrected chi connectivity index (χ0v) is 27.0. The van der Waals surface area contributed by atoms with Gasteiger partial charge in [0.25, 0.3) is 5.91 Å². The average Bonchev–Trinajstić information content (AvgIpc) is 3.06. The second-order valence-electron chi connectivity index (χ2n) is 11.5. The first-order chi connectivity index (χ1) is 23.6. The summed E-state index contributed by atoms with van der Waals surface area (Å²) in [6.07, 6.45) is 5.40. The van der Waals surface area contributed by atoms with Crippen molar-refractivity contribution in [2.75, 3.05) is 11.9 Å². The smallest absolute Gasteiger partial charge is 0.343 e. The van der Waals surface area contributed by atoms with Crippen molar-refractivity contribution >= 4 is 29.4 Å². The van der Waals surface area contributed by atoms with E-state index in [0.29, 0.717) is 35.2 Å². The molecule has 4 aromatic carbocycles. The average molecular weight is 673 g/mol. The fourth-order valence-corrected chi connectivity index (χ4v) is 4.93. The van der Waals surface area contributed by atoms with Crippen LogP contribution in [0.2, 0.25) is 0 Å². The standard InChI is InChI=1S/C38H38F2N2O7/c1-2-3-4-5-6-19-48-32-17-11-28(12-18-32)38(47)49-33-15-7-25(8-16-33)22-34(37(45)46)42-36(44)27-9-13-31(14-10-27)41-35(43)23-26-20-29(39)24-30(40)21-26/h7-18,20-21,24,34H,2-6,19,22-23H2,1H3,(H,41,43)(H,42,44)(H,45,46). The summed E-state index contributed by atoms with van der Waals surface area (Å²) < 4.78 is 38.0. The minimum absolute atomic E-state index is 0.0375. The highest BCUT2D eigenvalue weighted by atomic mass is 19.1. The first-order valence-electron chi connectivity index (χ1n) is 16.0. The van der Waals surface area contributed by atoms with Crippen molar-refractivity contribution in [3.05, 3.63) is 125 Å². The van der Waals surface area contributed by atoms with E-state index in [1.807, 2.05) is 0 Å². The van der Waals surface area contributed by atoms with Crippen molar-refractivity contribution in [3.63, 3.8) is 0 Å². The topological polar surface area (TPSA) is 131 Å². The van der Waals surface area contributed by atoms with Crippen LogP contribution in [0.15, 0.2) is 91.0 Å². The van der Waals surface area contributed by atoms with Crippen LogP contribution >= 0.6 is 0 Å². The molecule has 1 unspecified atom stereocenters. The number of anilines is 1. The molecule has 0 aliphatic carbocycles. The Hall–Kier alpha value is -5.58. The van der Waals surface area contributed by atoms with E-state index in [1.165, 1.54) is 43.5 Å². The van der Waals surface area contributed by atoms with Crippen molar-refractivity contribution in [3.8, 4) is 11.5 Å². The molecule has 0 heterocycles. The number of esters is 1. The molecule has 1 atom stereocenters. The summed E-state index contributed by atoms with van der Waals surface area (Å²) >= 11 is 0. The molecule has 3 N–H and O–H groups in total. The molecule has 0 radical (unpaired) electrons. The SMILES string of the molecule is CCCCCCCOc1ccc(C(=O)Oc2ccc(CC(NC(=O)c3ccc(NC(=O)Cc4cc(F)cc(F)c4)cc3)C(=O)O)cc2)cc1. The normalized spacial score (nSPS) is 11.3. The van der Waals surface area contributed by atoms with Crippen molar-refractivity contribution in [1.29, 1.82) is 0 Å². The summed E-state index contributed by atoms with van der Waals surface area (Å²) in [4.78, 5) is 49.7. The van der Waals surface area contributed by atoms with Crippen LogP contribution < -0.4 is 20.1 Å². The first-order valence-corrected chi connectivity index (χ1v) is 16.0. The molecule has 9 nitrogen and oxygen atoms in total. The van der Waals surface area contributed by atoms with E-state index in [9.17, 15) is 33.1 Å². The van der Waals surface area contributed by atoms with Crippen molar-refractivity contribution in [1.82, 2.24) is 5.32 Å². The Balaban J connectivity index is 1.25. The molecule has 0 aromatic heterocycles. The summed E-state index contributed by atoms with van der Waals surface area (Å²) in [6, 6.07) is 20.3. The Morgan fingerprint density at radius 3 is 1.98 bits per heavy atom. The number of hydrogen-bond acceptors (Lipinski definition) is 6. The predicted octanol–water partition coefficient (Wildman–Crippen LogP) is 7.14. The zero-order chi connectivity index (χ0) is 35.2. The summed E-state index contributed by atoms with van der Waals surface area (Å²) in [5.41, 5.74) is 1.59. The molecular weight excluding hydrogens is 634 g/mol. The molecule has 0 fully saturated rings. The van der Waals surface area contributed by atoms with Crippen molar-refractivity contribution in [2.45, 2.75) is 57.9 Å². The molecule has 0 bridgehead atoms. The quantitative estimate of drug-likeness (QED) is 0.0618. The van der Waals surface area contributed by atoms with Gasteiger partial charge in [-0.05, 0) is 90.3 Å². The highest BCUT2D eigenvalue weighted by molar-refractivity contribution is 5.98. The number of carbonyl (C=O) groups is 4. The van der Waals surface area contributed by atoms with Crippen LogP contribution in [0.1, 0.15) is 70.9 Å². The molecule has 4 rings (SSSR count). The van der Waals surface area contributed by atoms with Gasteiger partial charge < -0.3 is 25.2 Å². The van der Waals surface area contributed by atoms with Gasteiger partial charge in [-0.2, -0.15) is 0 Å². The molecule has 49 heavy (non-hydrogen) atoms. The van der Waals surface area contributed by atoms with Crippen LogP contribution in [0.4, 0.5) is 14.5 Å². The van der Waals surface area contributed by atoms with E-state index < -0.39 is 41.4 Å². The Morgan fingerprint density at radius 2 is 1.35 bits per heavy atom. The third-order valence-electron chi connectivity index (χ3n) is 7.50. The lowest BCUT2D eigenvalue weighted by Gasteiger charge is -2.15. The second kappa shape index (κ2) is 18.1. The van der Waals surface area contributed by atoms with E-state index in [4.69, 9.17) is 9.47 Å². The largest absolute Gasteiger partial charge is 0.494 e. The monoisotopic (exact) mass is 672 g/mol. The van der Waals surface area contributed by atoms with Gasteiger partial charge in [0, 0.05) is 23.7 Å². The lowest BCUT2D eigenvalue weighted by atomic mass is 10.0. The number of halogens is 2. The van der Waals surface area contributed by atoms with Crippen LogP contribution in [0, 0.1) is 11.6 Å². The number of carboxylic acids is 1. The Kier molecular flexibility index (Phi) is 13.4. The van der Waals surface area contributed by atoms with E-state index in [0.717, 1.165) is 25.0 Å². The van der Waals surface area contributed by atoms with Gasteiger partial charge in [0.2, 0.25) is 5.91 Å². The lowest BCUT2D eigenvalue weighted by Crippen LogP contribution is -2.42. The van der Waals surface area contributed by atoms with Gasteiger partial charge in [-0.15, -0.1) is 0 Å². The second-order valence-corrected chi connectivity index (χ2v) is 11.5. The Labute approximate surface area is 283 Å². The molecule has 0 saturated heterocycles. The number of unbranched alkanes of at least 4 members (excludes halogenated alkanes) is 4. The fourth-order valence-electron chi connectivity index (χ4n) is 4.93. The van der Waals surface area contributed by atoms with Gasteiger partial charge in [-0.3, -0.25) is 9.59 Å². The van der Waals surface area contributed by atoms with Gasteiger partial charge in [0.1, 0.15) is 29.2 Å². The first kappa shape index (κ1) is 36.3. The van der Waals surface area contributed by atoms with E-state index in [2.05, 4.69) is 17.6 Å². The zero-order valence-electron chi connectivity index (χ0n) is 27.0. The number of amides is 2. The Morgan fingerprint density at radius 1 is 0.735 bits per heavy atom. The van der Waals surface area contributed by atoms with Crippen LogP contribution in [0.5, 0.6) is 11.5 Å². The molecule has 4 aromatic rings. The molecule has 0 saturated carbocycles. The number of benzene rings is 4. The van der Waals surface area contributed by atoms with Gasteiger partial charge in [-0.25, -0.2) is 18.4 Å². The van der Waals surface area contributed by atoms with Gasteiger partial charge >= 0.3 is 11.9 Å². The molecule has 0 spiro atoms. The highest BCUT2D eigenvalue weighted by Crippen LogP contribution is 2.19. The summed E-state index contributed by atoms with van der Waals surface area (Å²) in [7, 11) is 0. The van der Waals surface area contributed by atoms with Crippen molar-refractivity contribution < 1.29 is 42.5 Å². The number of ether oxygens (including phenoxy) is 2. The van der Waals surface area contributed by atoms with Crippen LogP contribution in [0.3, 0.4) is 0 Å². The molecule has 2 amide bonds. The maximum atomic E-state index is 13.4. The number of aliphatic carboxylic acids is 1. The molecular formula is C38H38F2N2O7. The minimum atomic E-state index is -1.26.